The molecule has 2 saturated carbocycles. The van der Waals surface area contributed by atoms with Crippen molar-refractivity contribution < 1.29 is 30.5 Å². The van der Waals surface area contributed by atoms with E-state index in [9.17, 15) is 30.5 Å². The first kappa shape index (κ1) is 24.8. The molecular formula is C22H23F4NO3S2. The number of fused-ring (bicyclic) bond motifs is 3. The van der Waals surface area contributed by atoms with E-state index in [1.165, 1.54) is 10.3 Å². The highest BCUT2D eigenvalue weighted by Gasteiger charge is 2.68. The highest BCUT2D eigenvalue weighted by atomic mass is 32.2. The molecule has 4 nitrogen and oxygen atoms in total. The molecule has 0 radical (unpaired) electrons. The zero-order valence-corrected chi connectivity index (χ0v) is 19.2. The van der Waals surface area contributed by atoms with Gasteiger partial charge in [-0.1, -0.05) is 24.6 Å². The molecule has 3 atom stereocenters. The summed E-state index contributed by atoms with van der Waals surface area (Å²) in [5.74, 6) is -7.10. The summed E-state index contributed by atoms with van der Waals surface area (Å²) in [4.78, 5) is 1.34. The molecular weight excluding hydrogens is 466 g/mol. The van der Waals surface area contributed by atoms with Crippen molar-refractivity contribution in [3.05, 3.63) is 42.0 Å². The van der Waals surface area contributed by atoms with Gasteiger partial charge in [0.2, 0.25) is 0 Å². The first-order valence-corrected chi connectivity index (χ1v) is 13.5. The maximum Gasteiger partial charge on any atom is 0.396 e. The van der Waals surface area contributed by atoms with Crippen LogP contribution in [0.25, 0.3) is 10.8 Å². The summed E-state index contributed by atoms with van der Waals surface area (Å²) >= 11 is 0. The molecule has 0 amide bonds. The van der Waals surface area contributed by atoms with Crippen molar-refractivity contribution in [2.24, 2.45) is 17.8 Å². The third-order valence-electron chi connectivity index (χ3n) is 6.35. The number of hydrogen-bond donors (Lipinski definition) is 0. The van der Waals surface area contributed by atoms with Crippen LogP contribution < -0.4 is 0 Å². The predicted octanol–water partition coefficient (Wildman–Crippen LogP) is 5.14. The van der Waals surface area contributed by atoms with Gasteiger partial charge in [0, 0.05) is 27.6 Å². The summed E-state index contributed by atoms with van der Waals surface area (Å²) in [5.41, 5.74) is 0.764. The summed E-state index contributed by atoms with van der Waals surface area (Å²) in [5, 5.41) is 5.78. The fourth-order valence-corrected chi connectivity index (χ4v) is 6.24. The minimum absolute atomic E-state index is 0.0407. The molecule has 0 heterocycles. The lowest BCUT2D eigenvalue weighted by molar-refractivity contribution is -0.202. The van der Waals surface area contributed by atoms with Crippen LogP contribution in [0.4, 0.5) is 17.6 Å². The Balaban J connectivity index is 0.000000182. The van der Waals surface area contributed by atoms with Crippen molar-refractivity contribution >= 4 is 31.8 Å². The molecule has 3 unspecified atom stereocenters. The first-order valence-electron chi connectivity index (χ1n) is 10.0. The summed E-state index contributed by atoms with van der Waals surface area (Å²) in [6.45, 7) is 0. The SMILES string of the molecule is C[S+](C)c1ccc(C#N)c2ccccc12.O=S(=O)([O-])C(F)(F)C(F)(F)C1CC2CCC1C2. The van der Waals surface area contributed by atoms with Gasteiger partial charge in [0.25, 0.3) is 0 Å². The van der Waals surface area contributed by atoms with E-state index in [4.69, 9.17) is 5.26 Å². The molecule has 10 heteroatoms. The maximum absolute atomic E-state index is 13.5. The van der Waals surface area contributed by atoms with E-state index in [1.54, 1.807) is 0 Å². The van der Waals surface area contributed by atoms with Crippen LogP contribution in [0, 0.1) is 29.1 Å². The van der Waals surface area contributed by atoms with Crippen LogP contribution in [0.3, 0.4) is 0 Å². The van der Waals surface area contributed by atoms with Gasteiger partial charge in [0.15, 0.2) is 15.0 Å². The predicted molar refractivity (Wildman–Crippen MR) is 115 cm³/mol. The van der Waals surface area contributed by atoms with Gasteiger partial charge in [-0.2, -0.15) is 22.8 Å². The molecule has 2 fully saturated rings. The van der Waals surface area contributed by atoms with E-state index >= 15 is 0 Å². The van der Waals surface area contributed by atoms with E-state index in [0.29, 0.717) is 19.3 Å². The van der Waals surface area contributed by atoms with Crippen LogP contribution in [-0.4, -0.2) is 36.7 Å². The fourth-order valence-electron chi connectivity index (χ4n) is 4.80. The van der Waals surface area contributed by atoms with Gasteiger partial charge in [0.1, 0.15) is 12.5 Å². The highest BCUT2D eigenvalue weighted by molar-refractivity contribution is 7.95. The van der Waals surface area contributed by atoms with E-state index in [-0.39, 0.29) is 23.2 Å². The van der Waals surface area contributed by atoms with Crippen LogP contribution >= 0.6 is 0 Å². The molecule has 4 rings (SSSR count). The van der Waals surface area contributed by atoms with Crippen LogP contribution in [0.5, 0.6) is 0 Å². The topological polar surface area (TPSA) is 81.0 Å². The third kappa shape index (κ3) is 4.35. The summed E-state index contributed by atoms with van der Waals surface area (Å²) < 4.78 is 84.0. The molecule has 2 aromatic carbocycles. The Morgan fingerprint density at radius 3 is 2.12 bits per heavy atom. The molecule has 0 aromatic heterocycles. The van der Waals surface area contributed by atoms with Gasteiger partial charge in [-0.3, -0.25) is 0 Å². The van der Waals surface area contributed by atoms with Crippen molar-refractivity contribution in [2.45, 2.75) is 41.8 Å². The molecule has 2 aromatic rings. The summed E-state index contributed by atoms with van der Waals surface area (Å²) in [6.07, 6.45) is 5.83. The molecule has 32 heavy (non-hydrogen) atoms. The lowest BCUT2D eigenvalue weighted by atomic mass is 9.84. The second-order valence-electron chi connectivity index (χ2n) is 8.46. The Morgan fingerprint density at radius 2 is 1.66 bits per heavy atom. The second kappa shape index (κ2) is 8.84. The Labute approximate surface area is 187 Å². The minimum Gasteiger partial charge on any atom is -0.743 e. The molecule has 0 spiro atoms. The molecule has 2 aliphatic carbocycles. The molecule has 0 N–H and O–H groups in total. The van der Waals surface area contributed by atoms with Crippen molar-refractivity contribution in [1.82, 2.24) is 0 Å². The lowest BCUT2D eigenvalue weighted by Gasteiger charge is -2.36. The van der Waals surface area contributed by atoms with Crippen LogP contribution in [0.15, 0.2) is 41.3 Å². The summed E-state index contributed by atoms with van der Waals surface area (Å²) in [6, 6.07) is 14.4. The number of nitrogens with zero attached hydrogens (tertiary/aromatic N) is 1. The number of alkyl halides is 4. The van der Waals surface area contributed by atoms with Crippen LogP contribution in [0.1, 0.15) is 31.2 Å². The monoisotopic (exact) mass is 489 g/mol. The smallest absolute Gasteiger partial charge is 0.396 e. The number of nitriles is 1. The van der Waals surface area contributed by atoms with Crippen molar-refractivity contribution in [1.29, 1.82) is 5.26 Å². The van der Waals surface area contributed by atoms with Gasteiger partial charge in [0.05, 0.1) is 11.6 Å². The Hall–Kier alpha value is -1.83. The van der Waals surface area contributed by atoms with E-state index in [1.807, 2.05) is 24.3 Å². The standard InChI is InChI=1S/C13H12NS.C9H12F4O3S/c1-15(2)13-8-7-10(9-14)11-5-3-4-6-12(11)13;10-8(11,9(12,13)17(14,15)16)7-4-5-1-2-6(7)3-5/h3-8H,1-2H3;5-7H,1-4H2,(H,14,15,16)/q+1;/p-1. The number of halogens is 4. The maximum atomic E-state index is 13.5. The van der Waals surface area contributed by atoms with Gasteiger partial charge < -0.3 is 4.55 Å². The largest absolute Gasteiger partial charge is 0.743 e. The molecule has 2 aliphatic rings. The summed E-state index contributed by atoms with van der Waals surface area (Å²) in [7, 11) is -6.12. The van der Waals surface area contributed by atoms with E-state index in [2.05, 4.69) is 30.7 Å². The van der Waals surface area contributed by atoms with E-state index < -0.39 is 33.1 Å². The first-order chi connectivity index (χ1) is 14.8. The van der Waals surface area contributed by atoms with E-state index in [0.717, 1.165) is 10.9 Å². The average molecular weight is 490 g/mol. The minimum atomic E-state index is -6.35. The van der Waals surface area contributed by atoms with Crippen molar-refractivity contribution in [3.8, 4) is 6.07 Å². The molecule has 174 valence electrons. The van der Waals surface area contributed by atoms with Gasteiger partial charge in [-0.05, 0) is 49.3 Å². The second-order valence-corrected chi connectivity index (χ2v) is 12.0. The molecule has 0 aliphatic heterocycles. The Bertz CT molecular complexity index is 1150. The zero-order valence-electron chi connectivity index (χ0n) is 17.5. The lowest BCUT2D eigenvalue weighted by Crippen LogP contribution is -2.52. The zero-order chi connectivity index (χ0) is 23.9. The van der Waals surface area contributed by atoms with Gasteiger partial charge >= 0.3 is 11.2 Å². The van der Waals surface area contributed by atoms with Crippen LogP contribution in [0.2, 0.25) is 0 Å². The van der Waals surface area contributed by atoms with Gasteiger partial charge in [-0.25, -0.2) is 8.42 Å². The Morgan fingerprint density at radius 1 is 1.03 bits per heavy atom. The normalized spacial score (nSPS) is 23.2. The van der Waals surface area contributed by atoms with Crippen molar-refractivity contribution in [2.75, 3.05) is 12.5 Å². The molecule has 2 bridgehead atoms. The van der Waals surface area contributed by atoms with Crippen molar-refractivity contribution in [3.63, 3.8) is 0 Å². The number of rotatable bonds is 4. The quantitative estimate of drug-likeness (QED) is 0.338. The van der Waals surface area contributed by atoms with Gasteiger partial charge in [-0.15, -0.1) is 0 Å². The van der Waals surface area contributed by atoms with Crippen LogP contribution in [-0.2, 0) is 21.0 Å². The third-order valence-corrected chi connectivity index (χ3v) is 8.49. The number of benzene rings is 2. The Kier molecular flexibility index (Phi) is 6.85. The molecule has 0 saturated heterocycles. The average Bonchev–Trinajstić information content (AvgIpc) is 3.36. The fraction of sp³-hybridized carbons (Fsp3) is 0.500. The highest BCUT2D eigenvalue weighted by Crippen LogP contribution is 2.58. The number of hydrogen-bond acceptors (Lipinski definition) is 4.